The van der Waals surface area contributed by atoms with Crippen LogP contribution < -0.4 is 4.74 Å². The molecule has 0 atom stereocenters. The summed E-state index contributed by atoms with van der Waals surface area (Å²) in [6.07, 6.45) is 10.7. The minimum absolute atomic E-state index is 0.0602. The molecular weight excluding hydrogens is 397 g/mol. The molecule has 0 bridgehead atoms. The third-order valence-electron chi connectivity index (χ3n) is 6.50. The molecule has 3 rings (SSSR count). The molecule has 2 aliphatic carbocycles. The molecule has 2 fully saturated rings. The minimum atomic E-state index is -0.675. The van der Waals surface area contributed by atoms with Crippen molar-refractivity contribution in [2.45, 2.75) is 83.3 Å². The highest BCUT2D eigenvalue weighted by atomic mass is 19.1. The molecule has 0 spiro atoms. The minimum Gasteiger partial charge on any atom is -0.426 e. The molecule has 0 amide bonds. The average Bonchev–Trinajstić information content (AvgIpc) is 2.79. The van der Waals surface area contributed by atoms with Crippen molar-refractivity contribution in [1.29, 1.82) is 5.26 Å². The molecule has 0 aliphatic heterocycles. The van der Waals surface area contributed by atoms with Crippen molar-refractivity contribution in [1.82, 2.24) is 0 Å². The normalized spacial score (nSPS) is 26.2. The molecule has 2 aliphatic rings. The van der Waals surface area contributed by atoms with Gasteiger partial charge in [0.25, 0.3) is 0 Å². The van der Waals surface area contributed by atoms with Gasteiger partial charge >= 0.3 is 5.97 Å². The number of hydrogen-bond acceptors (Lipinski definition) is 5. The number of halogens is 1. The van der Waals surface area contributed by atoms with E-state index in [9.17, 15) is 9.18 Å². The van der Waals surface area contributed by atoms with Gasteiger partial charge in [-0.05, 0) is 75.8 Å². The third kappa shape index (κ3) is 7.29. The van der Waals surface area contributed by atoms with Gasteiger partial charge in [0.15, 0.2) is 0 Å². The quantitative estimate of drug-likeness (QED) is 0.291. The monoisotopic (exact) mass is 431 g/mol. The lowest BCUT2D eigenvalue weighted by Gasteiger charge is -2.31. The van der Waals surface area contributed by atoms with E-state index in [1.807, 2.05) is 0 Å². The molecule has 0 heterocycles. The summed E-state index contributed by atoms with van der Waals surface area (Å²) in [4.78, 5) is 12.4. The Kier molecular flexibility index (Phi) is 9.30. The predicted octanol–water partition coefficient (Wildman–Crippen LogP) is 5.55. The predicted molar refractivity (Wildman–Crippen MR) is 115 cm³/mol. The third-order valence-corrected chi connectivity index (χ3v) is 6.50. The molecule has 1 aromatic carbocycles. The maximum Gasteiger partial charge on any atom is 0.314 e. The van der Waals surface area contributed by atoms with Crippen LogP contribution >= 0.6 is 0 Å². The number of ether oxygens (including phenoxy) is 3. The van der Waals surface area contributed by atoms with Gasteiger partial charge in [0, 0.05) is 19.3 Å². The molecule has 0 saturated heterocycles. The number of nitriles is 1. The van der Waals surface area contributed by atoms with E-state index in [1.165, 1.54) is 31.4 Å². The van der Waals surface area contributed by atoms with Crippen molar-refractivity contribution in [3.8, 4) is 11.8 Å². The molecule has 2 saturated carbocycles. The number of carbonyl (C=O) groups is 1. The van der Waals surface area contributed by atoms with Crippen LogP contribution in [0.5, 0.6) is 5.75 Å². The maximum absolute atomic E-state index is 13.7. The van der Waals surface area contributed by atoms with Crippen molar-refractivity contribution in [2.24, 2.45) is 11.8 Å². The lowest BCUT2D eigenvalue weighted by atomic mass is 9.86. The van der Waals surface area contributed by atoms with Crippen molar-refractivity contribution >= 4 is 5.97 Å². The van der Waals surface area contributed by atoms with E-state index < -0.39 is 5.82 Å². The second-order valence-corrected chi connectivity index (χ2v) is 8.85. The van der Waals surface area contributed by atoms with E-state index in [0.717, 1.165) is 64.2 Å². The lowest BCUT2D eigenvalue weighted by molar-refractivity contribution is -0.141. The fourth-order valence-electron chi connectivity index (χ4n) is 4.45. The Labute approximate surface area is 184 Å². The Balaban J connectivity index is 1.32. The zero-order valence-corrected chi connectivity index (χ0v) is 18.5. The first-order valence-electron chi connectivity index (χ1n) is 11.7. The Morgan fingerprint density at radius 3 is 2.39 bits per heavy atom. The maximum atomic E-state index is 13.7. The van der Waals surface area contributed by atoms with Crippen LogP contribution in [0.4, 0.5) is 4.39 Å². The molecular formula is C25H34FNO4. The van der Waals surface area contributed by atoms with Crippen molar-refractivity contribution in [3.63, 3.8) is 0 Å². The van der Waals surface area contributed by atoms with E-state index >= 15 is 0 Å². The van der Waals surface area contributed by atoms with Crippen LogP contribution in [0.1, 0.15) is 76.7 Å². The molecule has 170 valence electrons. The molecule has 0 N–H and O–H groups in total. The van der Waals surface area contributed by atoms with E-state index in [4.69, 9.17) is 19.5 Å². The fourth-order valence-corrected chi connectivity index (χ4v) is 4.45. The first-order chi connectivity index (χ1) is 15.1. The highest BCUT2D eigenvalue weighted by Crippen LogP contribution is 2.31. The number of benzene rings is 1. The summed E-state index contributed by atoms with van der Waals surface area (Å²) in [5.74, 6) is -0.432. The Bertz CT molecular complexity index is 746. The van der Waals surface area contributed by atoms with Crippen molar-refractivity contribution in [3.05, 3.63) is 29.6 Å². The van der Waals surface area contributed by atoms with Gasteiger partial charge in [-0.25, -0.2) is 4.39 Å². The van der Waals surface area contributed by atoms with Gasteiger partial charge in [0.05, 0.1) is 23.7 Å². The van der Waals surface area contributed by atoms with Gasteiger partial charge in [-0.3, -0.25) is 4.79 Å². The number of carbonyl (C=O) groups excluding carboxylic acids is 1. The van der Waals surface area contributed by atoms with Crippen LogP contribution in [0.2, 0.25) is 0 Å². The highest BCUT2D eigenvalue weighted by Gasteiger charge is 2.29. The zero-order chi connectivity index (χ0) is 22.1. The van der Waals surface area contributed by atoms with Crippen molar-refractivity contribution in [2.75, 3.05) is 13.2 Å². The lowest BCUT2D eigenvalue weighted by Crippen LogP contribution is -2.31. The first-order valence-corrected chi connectivity index (χ1v) is 11.7. The molecule has 0 aromatic heterocycles. The number of nitrogens with zero attached hydrogens (tertiary/aromatic N) is 1. The zero-order valence-electron chi connectivity index (χ0n) is 18.5. The standard InChI is InChI=1S/C25H34FNO4/c1-2-3-14-29-21-9-4-18(5-10-21)17-30-22-11-6-19(7-12-22)25(28)31-23-13-8-20(16-27)24(26)15-23/h8,13,15,18-19,21-22H,2-7,9-12,14,17H2,1H3. The van der Waals surface area contributed by atoms with Crippen molar-refractivity contribution < 1.29 is 23.4 Å². The summed E-state index contributed by atoms with van der Waals surface area (Å²) in [5, 5.41) is 8.78. The van der Waals surface area contributed by atoms with Crippen LogP contribution in [0.25, 0.3) is 0 Å². The molecule has 5 nitrogen and oxygen atoms in total. The van der Waals surface area contributed by atoms with Gasteiger partial charge in [-0.2, -0.15) is 5.26 Å². The molecule has 0 unspecified atom stereocenters. The summed E-state index contributed by atoms with van der Waals surface area (Å²) in [6.45, 7) is 3.87. The fraction of sp³-hybridized carbons (Fsp3) is 0.680. The second kappa shape index (κ2) is 12.2. The number of rotatable bonds is 9. The topological polar surface area (TPSA) is 68.6 Å². The largest absolute Gasteiger partial charge is 0.426 e. The van der Waals surface area contributed by atoms with Crippen LogP contribution in [0, 0.1) is 29.0 Å². The summed E-state index contributed by atoms with van der Waals surface area (Å²) in [5.41, 5.74) is -0.0602. The molecule has 6 heteroatoms. The van der Waals surface area contributed by atoms with Gasteiger partial charge in [-0.15, -0.1) is 0 Å². The Morgan fingerprint density at radius 1 is 1.06 bits per heavy atom. The molecule has 1 aromatic rings. The number of esters is 1. The molecule has 0 radical (unpaired) electrons. The van der Waals surface area contributed by atoms with Crippen LogP contribution in [0.3, 0.4) is 0 Å². The van der Waals surface area contributed by atoms with E-state index in [1.54, 1.807) is 6.07 Å². The smallest absolute Gasteiger partial charge is 0.314 e. The Morgan fingerprint density at radius 2 is 1.74 bits per heavy atom. The second-order valence-electron chi connectivity index (χ2n) is 8.85. The summed E-state index contributed by atoms with van der Waals surface area (Å²) < 4.78 is 31.1. The summed E-state index contributed by atoms with van der Waals surface area (Å²) in [7, 11) is 0. The average molecular weight is 432 g/mol. The Hall–Kier alpha value is -1.97. The molecule has 31 heavy (non-hydrogen) atoms. The van der Waals surface area contributed by atoms with E-state index in [2.05, 4.69) is 6.92 Å². The van der Waals surface area contributed by atoms with Gasteiger partial charge < -0.3 is 14.2 Å². The first kappa shape index (κ1) is 23.7. The number of unbranched alkanes of at least 4 members (excludes halogenated alkanes) is 1. The van der Waals surface area contributed by atoms with E-state index in [-0.39, 0.29) is 29.3 Å². The number of hydrogen-bond donors (Lipinski definition) is 0. The summed E-state index contributed by atoms with van der Waals surface area (Å²) in [6, 6.07) is 5.63. The SMILES string of the molecule is CCCCOC1CCC(COC2CCC(C(=O)Oc3ccc(C#N)c(F)c3)CC2)CC1. The van der Waals surface area contributed by atoms with Gasteiger partial charge in [-0.1, -0.05) is 13.3 Å². The van der Waals surface area contributed by atoms with Crippen LogP contribution in [-0.4, -0.2) is 31.4 Å². The van der Waals surface area contributed by atoms with Crippen LogP contribution in [0.15, 0.2) is 18.2 Å². The summed E-state index contributed by atoms with van der Waals surface area (Å²) >= 11 is 0. The van der Waals surface area contributed by atoms with Gasteiger partial charge in [0.2, 0.25) is 0 Å². The van der Waals surface area contributed by atoms with Gasteiger partial charge in [0.1, 0.15) is 17.6 Å². The van der Waals surface area contributed by atoms with E-state index in [0.29, 0.717) is 12.0 Å². The highest BCUT2D eigenvalue weighted by molar-refractivity contribution is 5.75. The van der Waals surface area contributed by atoms with Crippen LogP contribution in [-0.2, 0) is 14.3 Å².